The van der Waals surface area contributed by atoms with Crippen molar-refractivity contribution in [1.29, 1.82) is 0 Å². The second kappa shape index (κ2) is 10.1. The van der Waals surface area contributed by atoms with Crippen molar-refractivity contribution in [1.82, 2.24) is 15.1 Å². The van der Waals surface area contributed by atoms with Gasteiger partial charge in [0, 0.05) is 13.1 Å². The number of rotatable bonds is 9. The standard InChI is InChI=1S/C21H22FN3O3S/c1-3-25(12-16-5-4-6-17(22)11-16)20(26)14-29-21-24-23-19(28-21)13-27-18-9-7-15(2)8-10-18/h4-11H,3,12-14H2,1-2H3. The van der Waals surface area contributed by atoms with Crippen LogP contribution in [0.3, 0.4) is 0 Å². The van der Waals surface area contributed by atoms with Gasteiger partial charge in [-0.05, 0) is 43.7 Å². The second-order valence-corrected chi connectivity index (χ2v) is 7.32. The summed E-state index contributed by atoms with van der Waals surface area (Å²) in [6.07, 6.45) is 0. The van der Waals surface area contributed by atoms with Crippen LogP contribution in [0, 0.1) is 12.7 Å². The summed E-state index contributed by atoms with van der Waals surface area (Å²) in [5, 5.41) is 8.19. The van der Waals surface area contributed by atoms with Gasteiger partial charge in [-0.3, -0.25) is 4.79 Å². The van der Waals surface area contributed by atoms with E-state index in [2.05, 4.69) is 10.2 Å². The molecule has 29 heavy (non-hydrogen) atoms. The summed E-state index contributed by atoms with van der Waals surface area (Å²) in [4.78, 5) is 14.1. The van der Waals surface area contributed by atoms with E-state index in [9.17, 15) is 9.18 Å². The van der Waals surface area contributed by atoms with Crippen molar-refractivity contribution in [3.05, 3.63) is 71.4 Å². The van der Waals surface area contributed by atoms with Gasteiger partial charge in [0.15, 0.2) is 6.61 Å². The van der Waals surface area contributed by atoms with Crippen molar-refractivity contribution in [2.45, 2.75) is 32.2 Å². The van der Waals surface area contributed by atoms with Crippen LogP contribution in [0.15, 0.2) is 58.2 Å². The topological polar surface area (TPSA) is 68.5 Å². The van der Waals surface area contributed by atoms with Crippen molar-refractivity contribution >= 4 is 17.7 Å². The highest BCUT2D eigenvalue weighted by atomic mass is 32.2. The number of halogens is 1. The molecule has 0 radical (unpaired) electrons. The van der Waals surface area contributed by atoms with E-state index in [4.69, 9.17) is 9.15 Å². The fraction of sp³-hybridized carbons (Fsp3) is 0.286. The number of amides is 1. The lowest BCUT2D eigenvalue weighted by Crippen LogP contribution is -2.31. The maximum atomic E-state index is 13.3. The number of carbonyl (C=O) groups is 1. The van der Waals surface area contributed by atoms with Crippen LogP contribution >= 0.6 is 11.8 Å². The van der Waals surface area contributed by atoms with Crippen LogP contribution in [-0.2, 0) is 17.9 Å². The molecular formula is C21H22FN3O3S. The van der Waals surface area contributed by atoms with E-state index in [1.165, 1.54) is 23.9 Å². The number of thioether (sulfide) groups is 1. The van der Waals surface area contributed by atoms with Crippen molar-refractivity contribution in [3.8, 4) is 5.75 Å². The number of hydrogen-bond donors (Lipinski definition) is 0. The Morgan fingerprint density at radius 1 is 1.21 bits per heavy atom. The normalized spacial score (nSPS) is 10.7. The summed E-state index contributed by atoms with van der Waals surface area (Å²) in [7, 11) is 0. The molecule has 0 N–H and O–H groups in total. The molecule has 0 bridgehead atoms. The molecule has 0 atom stereocenters. The number of benzene rings is 2. The molecule has 0 aliphatic heterocycles. The summed E-state index contributed by atoms with van der Waals surface area (Å²) >= 11 is 1.17. The molecule has 2 aromatic carbocycles. The van der Waals surface area contributed by atoms with Crippen LogP contribution in [0.25, 0.3) is 0 Å². The van der Waals surface area contributed by atoms with E-state index in [-0.39, 0.29) is 24.1 Å². The predicted molar refractivity (Wildman–Crippen MR) is 108 cm³/mol. The lowest BCUT2D eigenvalue weighted by atomic mass is 10.2. The average molecular weight is 415 g/mol. The zero-order valence-electron chi connectivity index (χ0n) is 16.3. The van der Waals surface area contributed by atoms with Crippen molar-refractivity contribution < 1.29 is 18.3 Å². The summed E-state index contributed by atoms with van der Waals surface area (Å²) in [6.45, 7) is 4.92. The van der Waals surface area contributed by atoms with Crippen LogP contribution in [0.1, 0.15) is 23.9 Å². The minimum Gasteiger partial charge on any atom is -0.484 e. The first-order valence-corrected chi connectivity index (χ1v) is 10.2. The third kappa shape index (κ3) is 6.32. The molecule has 0 saturated heterocycles. The summed E-state index contributed by atoms with van der Waals surface area (Å²) in [6, 6.07) is 13.9. The van der Waals surface area contributed by atoms with Gasteiger partial charge in [0.1, 0.15) is 11.6 Å². The van der Waals surface area contributed by atoms with Gasteiger partial charge in [0.2, 0.25) is 5.91 Å². The third-order valence-corrected chi connectivity index (χ3v) is 4.95. The SMILES string of the molecule is CCN(Cc1cccc(F)c1)C(=O)CSc1nnc(COc2ccc(C)cc2)o1. The van der Waals surface area contributed by atoms with Crippen LogP contribution in [0.2, 0.25) is 0 Å². The predicted octanol–water partition coefficient (Wildman–Crippen LogP) is 4.24. The highest BCUT2D eigenvalue weighted by molar-refractivity contribution is 7.99. The Labute approximate surface area is 173 Å². The summed E-state index contributed by atoms with van der Waals surface area (Å²) in [5.74, 6) is 0.814. The average Bonchev–Trinajstić information content (AvgIpc) is 3.18. The van der Waals surface area contributed by atoms with Gasteiger partial charge in [-0.15, -0.1) is 10.2 Å². The van der Waals surface area contributed by atoms with Gasteiger partial charge in [-0.1, -0.05) is 41.6 Å². The van der Waals surface area contributed by atoms with Gasteiger partial charge in [0.25, 0.3) is 11.1 Å². The highest BCUT2D eigenvalue weighted by Gasteiger charge is 2.15. The molecule has 0 fully saturated rings. The maximum absolute atomic E-state index is 13.3. The molecule has 3 aromatic rings. The third-order valence-electron chi connectivity index (χ3n) is 4.15. The largest absolute Gasteiger partial charge is 0.484 e. The zero-order chi connectivity index (χ0) is 20.6. The van der Waals surface area contributed by atoms with Gasteiger partial charge in [0.05, 0.1) is 5.75 Å². The van der Waals surface area contributed by atoms with E-state index in [0.29, 0.717) is 30.0 Å². The quantitative estimate of drug-likeness (QED) is 0.487. The molecule has 0 aliphatic carbocycles. The van der Waals surface area contributed by atoms with E-state index < -0.39 is 0 Å². The fourth-order valence-electron chi connectivity index (χ4n) is 2.58. The number of ether oxygens (including phenoxy) is 1. The first kappa shape index (κ1) is 20.9. The van der Waals surface area contributed by atoms with Crippen molar-refractivity contribution in [2.24, 2.45) is 0 Å². The van der Waals surface area contributed by atoms with E-state index in [0.717, 1.165) is 11.1 Å². The van der Waals surface area contributed by atoms with Crippen LogP contribution in [-0.4, -0.2) is 33.3 Å². The molecule has 152 valence electrons. The Balaban J connectivity index is 1.48. The monoisotopic (exact) mass is 415 g/mol. The summed E-state index contributed by atoms with van der Waals surface area (Å²) < 4.78 is 24.5. The fourth-order valence-corrected chi connectivity index (χ4v) is 3.26. The number of aryl methyl sites for hydroxylation is 1. The van der Waals surface area contributed by atoms with Crippen LogP contribution in [0.5, 0.6) is 5.75 Å². The van der Waals surface area contributed by atoms with Crippen molar-refractivity contribution in [3.63, 3.8) is 0 Å². The molecule has 0 unspecified atom stereocenters. The molecule has 0 saturated carbocycles. The Kier molecular flexibility index (Phi) is 7.24. The first-order chi connectivity index (χ1) is 14.0. The van der Waals surface area contributed by atoms with Gasteiger partial charge < -0.3 is 14.1 Å². The minimum absolute atomic E-state index is 0.0857. The number of aromatic nitrogens is 2. The Morgan fingerprint density at radius 3 is 2.72 bits per heavy atom. The smallest absolute Gasteiger partial charge is 0.277 e. The van der Waals surface area contributed by atoms with Gasteiger partial charge >= 0.3 is 0 Å². The number of carbonyl (C=O) groups excluding carboxylic acids is 1. The number of hydrogen-bond acceptors (Lipinski definition) is 6. The molecule has 1 aromatic heterocycles. The lowest BCUT2D eigenvalue weighted by molar-refractivity contribution is -0.128. The molecule has 1 heterocycles. The molecule has 6 nitrogen and oxygen atoms in total. The second-order valence-electron chi connectivity index (χ2n) is 6.39. The lowest BCUT2D eigenvalue weighted by Gasteiger charge is -2.20. The minimum atomic E-state index is -0.313. The molecular weight excluding hydrogens is 393 g/mol. The maximum Gasteiger partial charge on any atom is 0.277 e. The molecule has 0 spiro atoms. The zero-order valence-corrected chi connectivity index (χ0v) is 17.1. The molecule has 1 amide bonds. The Bertz CT molecular complexity index is 946. The van der Waals surface area contributed by atoms with Crippen molar-refractivity contribution in [2.75, 3.05) is 12.3 Å². The first-order valence-electron chi connectivity index (χ1n) is 9.20. The Morgan fingerprint density at radius 2 is 2.00 bits per heavy atom. The van der Waals surface area contributed by atoms with Crippen LogP contribution in [0.4, 0.5) is 4.39 Å². The number of nitrogens with zero attached hydrogens (tertiary/aromatic N) is 3. The van der Waals surface area contributed by atoms with Crippen LogP contribution < -0.4 is 4.74 Å². The molecule has 8 heteroatoms. The molecule has 3 rings (SSSR count). The summed E-state index contributed by atoms with van der Waals surface area (Å²) in [5.41, 5.74) is 1.90. The van der Waals surface area contributed by atoms with Gasteiger partial charge in [-0.2, -0.15) is 0 Å². The van der Waals surface area contributed by atoms with E-state index >= 15 is 0 Å². The van der Waals surface area contributed by atoms with E-state index in [1.807, 2.05) is 38.1 Å². The van der Waals surface area contributed by atoms with Gasteiger partial charge in [-0.25, -0.2) is 4.39 Å². The highest BCUT2D eigenvalue weighted by Crippen LogP contribution is 2.19. The molecule has 0 aliphatic rings. The Hall–Kier alpha value is -2.87. The van der Waals surface area contributed by atoms with E-state index in [1.54, 1.807) is 17.0 Å².